The Hall–Kier alpha value is -6.15. The topological polar surface area (TPSA) is 180 Å². The Bertz CT molecular complexity index is 2890. The first-order valence-electron chi connectivity index (χ1n) is 20.8. The van der Waals surface area contributed by atoms with Crippen LogP contribution in [0.15, 0.2) is 107 Å². The SMILES string of the molecule is CCCNc1nc(C)c(S(=O)(=O)N2Cc3cc4c(cc3C[C@H]2C(=O)NC(Cc2ccc(-c3ccc(C#N)cc3)cc2)C(=O)O)OC[C@H](c2ccc(OCc3ccc(Cl)c(Cl)c3)cc2)O4)s1. The van der Waals surface area contributed by atoms with Crippen LogP contribution >= 0.6 is 34.5 Å². The molecule has 2 aliphatic rings. The van der Waals surface area contributed by atoms with E-state index in [1.54, 1.807) is 55.5 Å². The van der Waals surface area contributed by atoms with Gasteiger partial charge in [0.05, 0.1) is 27.4 Å². The molecule has 334 valence electrons. The number of carboxylic acids is 1. The molecule has 6 aromatic rings. The highest BCUT2D eigenvalue weighted by Crippen LogP contribution is 2.42. The van der Waals surface area contributed by atoms with Gasteiger partial charge in [0, 0.05) is 19.5 Å². The molecule has 1 unspecified atom stereocenters. The zero-order valence-corrected chi connectivity index (χ0v) is 38.4. The Labute approximate surface area is 390 Å². The van der Waals surface area contributed by atoms with E-state index < -0.39 is 40.1 Å². The van der Waals surface area contributed by atoms with Crippen molar-refractivity contribution in [3.63, 3.8) is 0 Å². The number of carbonyl (C=O) groups excluding carboxylic acids is 1. The van der Waals surface area contributed by atoms with E-state index in [0.717, 1.165) is 44.3 Å². The van der Waals surface area contributed by atoms with Gasteiger partial charge in [0.2, 0.25) is 5.91 Å². The van der Waals surface area contributed by atoms with Crippen LogP contribution in [0.5, 0.6) is 17.2 Å². The number of aryl methyl sites for hydroxylation is 1. The molecular weight excluding hydrogens is 910 g/mol. The van der Waals surface area contributed by atoms with Crippen molar-refractivity contribution >= 4 is 61.6 Å². The fourth-order valence-corrected chi connectivity index (χ4v) is 11.1. The minimum absolute atomic E-state index is 0.0171. The van der Waals surface area contributed by atoms with Crippen molar-refractivity contribution in [3.05, 3.63) is 152 Å². The second-order valence-corrected chi connectivity index (χ2v) is 19.6. The molecule has 17 heteroatoms. The number of anilines is 1. The molecule has 0 radical (unpaired) electrons. The number of fused-ring (bicyclic) bond motifs is 2. The molecule has 0 aliphatic carbocycles. The highest BCUT2D eigenvalue weighted by molar-refractivity contribution is 7.91. The lowest BCUT2D eigenvalue weighted by molar-refractivity contribution is -0.142. The van der Waals surface area contributed by atoms with Gasteiger partial charge in [0.15, 0.2) is 26.9 Å². The van der Waals surface area contributed by atoms with Crippen LogP contribution in [0.25, 0.3) is 11.1 Å². The molecule has 3 atom stereocenters. The van der Waals surface area contributed by atoms with E-state index in [0.29, 0.717) is 67.8 Å². The second kappa shape index (κ2) is 19.5. The summed E-state index contributed by atoms with van der Waals surface area (Å²) in [4.78, 5) is 31.5. The van der Waals surface area contributed by atoms with E-state index in [2.05, 4.69) is 21.7 Å². The summed E-state index contributed by atoms with van der Waals surface area (Å²) in [6.45, 7) is 4.47. The van der Waals surface area contributed by atoms with Crippen LogP contribution in [-0.4, -0.2) is 59.9 Å². The van der Waals surface area contributed by atoms with Crippen molar-refractivity contribution in [1.29, 1.82) is 5.26 Å². The summed E-state index contributed by atoms with van der Waals surface area (Å²) >= 11 is 13.2. The molecule has 5 aromatic carbocycles. The Morgan fingerprint density at radius 3 is 2.32 bits per heavy atom. The van der Waals surface area contributed by atoms with Crippen molar-refractivity contribution in [2.45, 2.75) is 68.7 Å². The van der Waals surface area contributed by atoms with Gasteiger partial charge in [-0.2, -0.15) is 9.57 Å². The summed E-state index contributed by atoms with van der Waals surface area (Å²) < 4.78 is 49.1. The highest BCUT2D eigenvalue weighted by Gasteiger charge is 2.43. The van der Waals surface area contributed by atoms with Crippen LogP contribution < -0.4 is 24.8 Å². The monoisotopic (exact) mass is 951 g/mol. The Balaban J connectivity index is 1.02. The molecule has 3 N–H and O–H groups in total. The zero-order chi connectivity index (χ0) is 45.8. The van der Waals surface area contributed by atoms with E-state index in [1.807, 2.05) is 61.5 Å². The number of nitrogens with one attached hydrogen (secondary N) is 2. The van der Waals surface area contributed by atoms with Crippen molar-refractivity contribution in [2.24, 2.45) is 0 Å². The number of aliphatic carboxylic acids is 1. The van der Waals surface area contributed by atoms with E-state index in [4.69, 9.17) is 42.7 Å². The zero-order valence-electron chi connectivity index (χ0n) is 35.2. The number of hydrogen-bond donors (Lipinski definition) is 3. The number of carboxylic acid groups (broad SMARTS) is 1. The second-order valence-electron chi connectivity index (χ2n) is 15.7. The maximum atomic E-state index is 14.7. The van der Waals surface area contributed by atoms with Gasteiger partial charge in [0.25, 0.3) is 10.0 Å². The van der Waals surface area contributed by atoms with Crippen molar-refractivity contribution in [3.8, 4) is 34.4 Å². The predicted octanol–water partition coefficient (Wildman–Crippen LogP) is 9.14. The normalized spacial score (nSPS) is 16.2. The number of halogens is 2. The summed E-state index contributed by atoms with van der Waals surface area (Å²) in [5, 5.41) is 26.7. The largest absolute Gasteiger partial charge is 0.489 e. The maximum absolute atomic E-state index is 14.7. The number of rotatable bonds is 15. The van der Waals surface area contributed by atoms with Gasteiger partial charge in [-0.1, -0.05) is 96.1 Å². The summed E-state index contributed by atoms with van der Waals surface area (Å²) in [5.74, 6) is -0.539. The molecule has 3 heterocycles. The average Bonchev–Trinajstić information content (AvgIpc) is 3.70. The van der Waals surface area contributed by atoms with Crippen LogP contribution in [0.3, 0.4) is 0 Å². The number of benzene rings is 5. The lowest BCUT2D eigenvalue weighted by atomic mass is 9.94. The molecule has 65 heavy (non-hydrogen) atoms. The quantitative estimate of drug-likeness (QED) is 0.0894. The number of carbonyl (C=O) groups is 2. The molecule has 0 fully saturated rings. The molecule has 0 saturated carbocycles. The van der Waals surface area contributed by atoms with Gasteiger partial charge in [-0.05, 0) is 107 Å². The van der Waals surface area contributed by atoms with Gasteiger partial charge in [-0.15, -0.1) is 0 Å². The fraction of sp³-hybridized carbons (Fsp3) is 0.250. The molecule has 0 bridgehead atoms. The number of sulfonamides is 1. The molecule has 13 nitrogen and oxygen atoms in total. The highest BCUT2D eigenvalue weighted by atomic mass is 35.5. The van der Waals surface area contributed by atoms with Crippen LogP contribution in [-0.2, 0) is 45.6 Å². The van der Waals surface area contributed by atoms with Gasteiger partial charge in [-0.25, -0.2) is 18.2 Å². The molecular formula is C48H43Cl2N5O8S2. The summed E-state index contributed by atoms with van der Waals surface area (Å²) in [6.07, 6.45) is 0.199. The fourth-order valence-electron chi connectivity index (χ4n) is 7.65. The number of thiazole rings is 1. The van der Waals surface area contributed by atoms with Gasteiger partial charge >= 0.3 is 5.97 Å². The number of ether oxygens (including phenoxy) is 3. The number of amides is 1. The molecule has 0 spiro atoms. The van der Waals surface area contributed by atoms with Crippen LogP contribution in [0.1, 0.15) is 58.5 Å². The number of hydrogen-bond acceptors (Lipinski definition) is 11. The molecule has 1 aromatic heterocycles. The summed E-state index contributed by atoms with van der Waals surface area (Å²) in [7, 11) is -4.36. The Morgan fingerprint density at radius 1 is 0.954 bits per heavy atom. The van der Waals surface area contributed by atoms with Gasteiger partial charge < -0.3 is 30.0 Å². The standard InChI is InChI=1S/C48H43Cl2N5O8S2/c1-3-18-52-48-53-28(2)47(64-48)65(59,60)55-25-36-23-43-42(62-27-44(63-43)34-13-15-37(16-14-34)61-26-31-8-17-38(49)39(50)19-31)22-35(36)21-41(55)45(56)54-40(46(57)58)20-29-4-9-32(10-5-29)33-11-6-30(24-51)7-12-33/h4-17,19,22-23,40-41,44H,3,18,20-21,25-27H2,1-2H3,(H,52,53)(H,54,56)(H,57,58)/t40?,41-,44+/m0/s1. The lowest BCUT2D eigenvalue weighted by Gasteiger charge is -2.36. The number of nitrogens with zero attached hydrogens (tertiary/aromatic N) is 3. The van der Waals surface area contributed by atoms with E-state index in [1.165, 1.54) is 0 Å². The maximum Gasteiger partial charge on any atom is 0.326 e. The van der Waals surface area contributed by atoms with Crippen molar-refractivity contribution in [2.75, 3.05) is 18.5 Å². The molecule has 1 amide bonds. The minimum atomic E-state index is -4.36. The van der Waals surface area contributed by atoms with Crippen molar-refractivity contribution in [1.82, 2.24) is 14.6 Å². The van der Waals surface area contributed by atoms with Crippen LogP contribution in [0.4, 0.5) is 5.13 Å². The van der Waals surface area contributed by atoms with Crippen molar-refractivity contribution < 1.29 is 37.3 Å². The third kappa shape index (κ3) is 10.2. The predicted molar refractivity (Wildman–Crippen MR) is 248 cm³/mol. The van der Waals surface area contributed by atoms with E-state index >= 15 is 0 Å². The van der Waals surface area contributed by atoms with Gasteiger partial charge in [-0.3, -0.25) is 4.79 Å². The summed E-state index contributed by atoms with van der Waals surface area (Å²) in [5.41, 5.74) is 6.18. The average molecular weight is 953 g/mol. The van der Waals surface area contributed by atoms with Crippen LogP contribution in [0.2, 0.25) is 10.0 Å². The first-order valence-corrected chi connectivity index (χ1v) is 23.8. The third-order valence-corrected chi connectivity index (χ3v) is 15.4. The Morgan fingerprint density at radius 2 is 1.65 bits per heavy atom. The number of nitriles is 1. The Kier molecular flexibility index (Phi) is 13.6. The number of aromatic nitrogens is 1. The minimum Gasteiger partial charge on any atom is -0.489 e. The molecule has 8 rings (SSSR count). The smallest absolute Gasteiger partial charge is 0.326 e. The van der Waals surface area contributed by atoms with Gasteiger partial charge in [0.1, 0.15) is 31.0 Å². The van der Waals surface area contributed by atoms with Crippen LogP contribution in [0, 0.1) is 18.3 Å². The molecule has 0 saturated heterocycles. The third-order valence-electron chi connectivity index (χ3n) is 11.1. The first kappa shape index (κ1) is 45.4. The van der Waals surface area contributed by atoms with E-state index in [-0.39, 0.29) is 35.9 Å². The first-order chi connectivity index (χ1) is 31.3. The van der Waals surface area contributed by atoms with E-state index in [9.17, 15) is 23.1 Å². The molecule has 2 aliphatic heterocycles. The summed E-state index contributed by atoms with van der Waals surface area (Å²) in [6, 6.07) is 30.0. The lowest BCUT2D eigenvalue weighted by Crippen LogP contribution is -2.55.